The van der Waals surface area contributed by atoms with Gasteiger partial charge in [-0.1, -0.05) is 13.5 Å². The van der Waals surface area contributed by atoms with E-state index in [9.17, 15) is 5.11 Å². The Labute approximate surface area is 91.8 Å². The number of aliphatic hydroxyl groups excluding tert-OH is 1. The largest absolute Gasteiger partial charge is 0.463 e. The highest BCUT2D eigenvalue weighted by Gasteiger charge is 2.12. The smallest absolute Gasteiger partial charge is 0.133 e. The number of rotatable bonds is 4. The molecule has 0 aliphatic heterocycles. The molecule has 1 N–H and O–H groups in total. The Kier molecular flexibility index (Phi) is 3.99. The lowest BCUT2D eigenvalue weighted by atomic mass is 10.2. The molecule has 13 heavy (non-hydrogen) atoms. The predicted molar refractivity (Wildman–Crippen MR) is 60.8 cm³/mol. The van der Waals surface area contributed by atoms with Crippen LogP contribution in [0.2, 0.25) is 0 Å². The number of aryl methyl sites for hydroxylation is 1. The highest BCUT2D eigenvalue weighted by molar-refractivity contribution is 14.1. The first-order valence-electron chi connectivity index (χ1n) is 4.23. The van der Waals surface area contributed by atoms with Crippen molar-refractivity contribution in [3.05, 3.63) is 33.8 Å². The summed E-state index contributed by atoms with van der Waals surface area (Å²) in [6.45, 7) is 5.75. The number of hydrogen-bond donors (Lipinski definition) is 1. The lowest BCUT2D eigenvalue weighted by molar-refractivity contribution is 0.151. The monoisotopic (exact) mass is 292 g/mol. The van der Waals surface area contributed by atoms with Crippen LogP contribution in [0.5, 0.6) is 0 Å². The van der Waals surface area contributed by atoms with Gasteiger partial charge in [0, 0.05) is 12.8 Å². The summed E-state index contributed by atoms with van der Waals surface area (Å²) in [4.78, 5) is 0. The van der Waals surface area contributed by atoms with Gasteiger partial charge in [0.15, 0.2) is 0 Å². The molecule has 3 heteroatoms. The second-order valence-corrected chi connectivity index (χ2v) is 4.42. The molecule has 1 atom stereocenters. The summed E-state index contributed by atoms with van der Waals surface area (Å²) >= 11 is 2.10. The number of halogens is 1. The van der Waals surface area contributed by atoms with Crippen molar-refractivity contribution in [1.29, 1.82) is 0 Å². The fraction of sp³-hybridized carbons (Fsp3) is 0.400. The predicted octanol–water partition coefficient (Wildman–Crippen LogP) is 3.21. The maximum atomic E-state index is 9.64. The zero-order valence-electron chi connectivity index (χ0n) is 7.59. The first-order chi connectivity index (χ1) is 6.13. The third kappa shape index (κ3) is 3.15. The normalized spacial score (nSPS) is 12.8. The van der Waals surface area contributed by atoms with E-state index >= 15 is 0 Å². The third-order valence-electron chi connectivity index (χ3n) is 1.77. The molecular formula is C10H13IO2. The van der Waals surface area contributed by atoms with Gasteiger partial charge in [-0.3, -0.25) is 0 Å². The zero-order chi connectivity index (χ0) is 9.84. The van der Waals surface area contributed by atoms with Crippen LogP contribution >= 0.6 is 22.6 Å². The first kappa shape index (κ1) is 10.8. The number of furan rings is 1. The lowest BCUT2D eigenvalue weighted by Crippen LogP contribution is -1.94. The summed E-state index contributed by atoms with van der Waals surface area (Å²) < 4.78 is 6.33. The fourth-order valence-corrected chi connectivity index (χ4v) is 1.49. The summed E-state index contributed by atoms with van der Waals surface area (Å²) in [6.07, 6.45) is 0.861. The van der Waals surface area contributed by atoms with Gasteiger partial charge >= 0.3 is 0 Å². The van der Waals surface area contributed by atoms with Gasteiger partial charge in [0.05, 0.1) is 0 Å². The van der Waals surface area contributed by atoms with E-state index < -0.39 is 6.10 Å². The summed E-state index contributed by atoms with van der Waals surface area (Å²) in [7, 11) is 0. The molecule has 0 aromatic carbocycles. The Morgan fingerprint density at radius 1 is 1.69 bits per heavy atom. The van der Waals surface area contributed by atoms with E-state index in [1.165, 1.54) is 0 Å². The van der Waals surface area contributed by atoms with Gasteiger partial charge < -0.3 is 9.52 Å². The van der Waals surface area contributed by atoms with Crippen LogP contribution < -0.4 is 0 Å². The molecule has 0 saturated carbocycles. The minimum absolute atomic E-state index is 0.551. The molecule has 72 valence electrons. The molecule has 2 nitrogen and oxygen atoms in total. The average Bonchev–Trinajstić information content (AvgIpc) is 2.50. The molecule has 0 aliphatic carbocycles. The summed E-state index contributed by atoms with van der Waals surface area (Å²) in [5, 5.41) is 9.64. The number of hydrogen-bond acceptors (Lipinski definition) is 2. The third-order valence-corrected chi connectivity index (χ3v) is 2.21. The topological polar surface area (TPSA) is 33.4 Å². The molecular weight excluding hydrogens is 279 g/mol. The van der Waals surface area contributed by atoms with Crippen molar-refractivity contribution < 1.29 is 9.52 Å². The lowest BCUT2D eigenvalue weighted by Gasteiger charge is -2.05. The quantitative estimate of drug-likeness (QED) is 0.864. The van der Waals surface area contributed by atoms with Crippen LogP contribution in [-0.2, 0) is 6.42 Å². The molecule has 0 amide bonds. The van der Waals surface area contributed by atoms with Gasteiger partial charge in [0.2, 0.25) is 0 Å². The number of aliphatic hydroxyl groups is 1. The molecule has 0 saturated heterocycles. The molecule has 0 radical (unpaired) electrons. The zero-order valence-corrected chi connectivity index (χ0v) is 9.74. The SMILES string of the molecule is C=C(I)CC(O)c1ccc(CC)o1. The van der Waals surface area contributed by atoms with Crippen LogP contribution in [0.25, 0.3) is 0 Å². The second kappa shape index (κ2) is 4.81. The van der Waals surface area contributed by atoms with Crippen LogP contribution in [0.4, 0.5) is 0 Å². The molecule has 1 unspecified atom stereocenters. The molecule has 1 aromatic heterocycles. The minimum atomic E-state index is -0.551. The summed E-state index contributed by atoms with van der Waals surface area (Å²) in [6, 6.07) is 3.72. The summed E-state index contributed by atoms with van der Waals surface area (Å²) in [5.41, 5.74) is 0. The van der Waals surface area contributed by atoms with Crippen LogP contribution in [0.15, 0.2) is 26.7 Å². The first-order valence-corrected chi connectivity index (χ1v) is 5.31. The van der Waals surface area contributed by atoms with Gasteiger partial charge in [-0.15, -0.1) is 0 Å². The highest BCUT2D eigenvalue weighted by atomic mass is 127. The van der Waals surface area contributed by atoms with E-state index in [1.54, 1.807) is 0 Å². The van der Waals surface area contributed by atoms with Crippen LogP contribution in [-0.4, -0.2) is 5.11 Å². The van der Waals surface area contributed by atoms with Crippen molar-refractivity contribution in [2.45, 2.75) is 25.9 Å². The minimum Gasteiger partial charge on any atom is -0.463 e. The Bertz CT molecular complexity index is 291. The van der Waals surface area contributed by atoms with Gasteiger partial charge in [0.25, 0.3) is 0 Å². The van der Waals surface area contributed by atoms with E-state index in [0.717, 1.165) is 15.8 Å². The van der Waals surface area contributed by atoms with Gasteiger partial charge in [-0.25, -0.2) is 0 Å². The van der Waals surface area contributed by atoms with Crippen molar-refractivity contribution in [3.8, 4) is 0 Å². The second-order valence-electron chi connectivity index (χ2n) is 2.89. The van der Waals surface area contributed by atoms with E-state index in [0.29, 0.717) is 12.2 Å². The van der Waals surface area contributed by atoms with Gasteiger partial charge in [-0.2, -0.15) is 0 Å². The van der Waals surface area contributed by atoms with Crippen LogP contribution in [0.1, 0.15) is 31.0 Å². The van der Waals surface area contributed by atoms with Crippen molar-refractivity contribution in [1.82, 2.24) is 0 Å². The van der Waals surface area contributed by atoms with E-state index in [2.05, 4.69) is 29.2 Å². The maximum absolute atomic E-state index is 9.64. The van der Waals surface area contributed by atoms with E-state index in [1.807, 2.05) is 19.1 Å². The molecule has 0 aliphatic rings. The Morgan fingerprint density at radius 3 is 2.85 bits per heavy atom. The Morgan fingerprint density at radius 2 is 2.38 bits per heavy atom. The standard InChI is InChI=1S/C10H13IO2/c1-3-8-4-5-10(13-8)9(12)6-7(2)11/h4-5,9,12H,2-3,6H2,1H3. The van der Waals surface area contributed by atoms with Crippen LogP contribution in [0.3, 0.4) is 0 Å². The molecule has 0 spiro atoms. The van der Waals surface area contributed by atoms with Crippen LogP contribution in [0, 0.1) is 0 Å². The van der Waals surface area contributed by atoms with E-state index in [-0.39, 0.29) is 0 Å². The average molecular weight is 292 g/mol. The molecule has 0 fully saturated rings. The summed E-state index contributed by atoms with van der Waals surface area (Å²) in [5.74, 6) is 1.54. The van der Waals surface area contributed by atoms with Crippen molar-refractivity contribution >= 4 is 22.6 Å². The molecule has 1 heterocycles. The van der Waals surface area contributed by atoms with Crippen molar-refractivity contribution in [2.24, 2.45) is 0 Å². The highest BCUT2D eigenvalue weighted by Crippen LogP contribution is 2.24. The Hall–Kier alpha value is -0.290. The fourth-order valence-electron chi connectivity index (χ4n) is 1.07. The van der Waals surface area contributed by atoms with Crippen molar-refractivity contribution in [3.63, 3.8) is 0 Å². The molecule has 0 bridgehead atoms. The Balaban J connectivity index is 2.65. The van der Waals surface area contributed by atoms with Crippen molar-refractivity contribution in [2.75, 3.05) is 0 Å². The van der Waals surface area contributed by atoms with Gasteiger partial charge in [0.1, 0.15) is 17.6 Å². The van der Waals surface area contributed by atoms with Gasteiger partial charge in [-0.05, 0) is 38.3 Å². The molecule has 1 rings (SSSR count). The van der Waals surface area contributed by atoms with E-state index in [4.69, 9.17) is 4.42 Å². The molecule has 1 aromatic rings. The maximum Gasteiger partial charge on any atom is 0.133 e.